The van der Waals surface area contributed by atoms with Crippen LogP contribution in [0.25, 0.3) is 11.8 Å². The first-order chi connectivity index (χ1) is 18.9. The quantitative estimate of drug-likeness (QED) is 0.398. The maximum atomic E-state index is 14.4. The predicted molar refractivity (Wildman–Crippen MR) is 139 cm³/mol. The summed E-state index contributed by atoms with van der Waals surface area (Å²) in [5.74, 6) is -2.66. The fourth-order valence-electron chi connectivity index (χ4n) is 5.86. The topological polar surface area (TPSA) is 61.1 Å². The van der Waals surface area contributed by atoms with Crippen LogP contribution in [0, 0.1) is 24.4 Å². The van der Waals surface area contributed by atoms with Crippen LogP contribution < -0.4 is 4.74 Å². The number of aryl methyl sites for hydroxylation is 1. The second kappa shape index (κ2) is 10.1. The molecule has 2 saturated heterocycles. The number of hydrogen-bond donors (Lipinski definition) is 0. The highest BCUT2D eigenvalue weighted by atomic mass is 19.2. The lowest BCUT2D eigenvalue weighted by atomic mass is 9.81. The zero-order valence-electron chi connectivity index (χ0n) is 21.8. The molecule has 204 valence electrons. The van der Waals surface area contributed by atoms with Gasteiger partial charge in [0.1, 0.15) is 11.8 Å². The number of benzene rings is 2. The van der Waals surface area contributed by atoms with Gasteiger partial charge in [0, 0.05) is 19.3 Å². The van der Waals surface area contributed by atoms with E-state index >= 15 is 0 Å². The Balaban J connectivity index is 1.39. The summed E-state index contributed by atoms with van der Waals surface area (Å²) in [5, 5.41) is 4.54. The Morgan fingerprint density at radius 2 is 1.95 bits per heavy atom. The third kappa shape index (κ3) is 4.56. The molecule has 1 aromatic heterocycles. The van der Waals surface area contributed by atoms with Crippen LogP contribution in [0.1, 0.15) is 48.5 Å². The SMILES string of the molecule is COc1cc(C=C2CCCN3C2=NOC2(CCCOC2)[C@@H]3c2cc(F)c(F)c(F)c2)ccc1-n1cnc(C)c1. The van der Waals surface area contributed by atoms with Gasteiger partial charge in [-0.3, -0.25) is 0 Å². The van der Waals surface area contributed by atoms with Gasteiger partial charge in [-0.1, -0.05) is 11.2 Å². The summed E-state index contributed by atoms with van der Waals surface area (Å²) in [6, 6.07) is 7.42. The molecule has 0 amide bonds. The minimum atomic E-state index is -1.49. The highest BCUT2D eigenvalue weighted by Crippen LogP contribution is 2.46. The molecule has 0 aliphatic carbocycles. The highest BCUT2D eigenvalue weighted by molar-refractivity contribution is 6.03. The number of imidazole rings is 1. The van der Waals surface area contributed by atoms with Gasteiger partial charge in [-0.25, -0.2) is 18.2 Å². The number of aromatic nitrogens is 2. The smallest absolute Gasteiger partial charge is 0.194 e. The monoisotopic (exact) mass is 538 g/mol. The van der Waals surface area contributed by atoms with E-state index < -0.39 is 29.1 Å². The van der Waals surface area contributed by atoms with Crippen LogP contribution in [0.5, 0.6) is 5.75 Å². The van der Waals surface area contributed by atoms with E-state index in [-0.39, 0.29) is 6.61 Å². The Morgan fingerprint density at radius 1 is 1.13 bits per heavy atom. The number of amidine groups is 1. The number of nitrogens with zero attached hydrogens (tertiary/aromatic N) is 4. The van der Waals surface area contributed by atoms with Crippen LogP contribution in [-0.4, -0.2) is 52.8 Å². The molecule has 1 unspecified atom stereocenters. The number of rotatable bonds is 4. The maximum absolute atomic E-state index is 14.4. The summed E-state index contributed by atoms with van der Waals surface area (Å²) in [4.78, 5) is 12.5. The second-order valence-electron chi connectivity index (χ2n) is 10.2. The van der Waals surface area contributed by atoms with Crippen LogP contribution in [0.4, 0.5) is 13.2 Å². The molecule has 0 bridgehead atoms. The lowest BCUT2D eigenvalue weighted by molar-refractivity contribution is -0.174. The summed E-state index contributed by atoms with van der Waals surface area (Å²) in [5.41, 5.74) is 2.96. The van der Waals surface area contributed by atoms with Gasteiger partial charge in [-0.05, 0) is 79.6 Å². The first-order valence-electron chi connectivity index (χ1n) is 13.0. The number of fused-ring (bicyclic) bond motifs is 1. The molecule has 3 aliphatic rings. The summed E-state index contributed by atoms with van der Waals surface area (Å²) >= 11 is 0. The van der Waals surface area contributed by atoms with Crippen molar-refractivity contribution in [1.82, 2.24) is 14.5 Å². The number of hydrogen-bond acceptors (Lipinski definition) is 6. The van der Waals surface area contributed by atoms with Crippen molar-refractivity contribution >= 4 is 11.9 Å². The van der Waals surface area contributed by atoms with Gasteiger partial charge in [0.2, 0.25) is 0 Å². The molecule has 2 atom stereocenters. The van der Waals surface area contributed by atoms with E-state index in [2.05, 4.69) is 10.1 Å². The molecule has 0 saturated carbocycles. The normalized spacial score (nSPS) is 23.9. The van der Waals surface area contributed by atoms with Crippen LogP contribution in [0.3, 0.4) is 0 Å². The average molecular weight is 539 g/mol. The van der Waals surface area contributed by atoms with Gasteiger partial charge in [-0.2, -0.15) is 0 Å². The van der Waals surface area contributed by atoms with Gasteiger partial charge < -0.3 is 23.8 Å². The molecule has 2 aromatic carbocycles. The molecule has 0 N–H and O–H groups in total. The zero-order chi connectivity index (χ0) is 27.1. The molecule has 10 heteroatoms. The van der Waals surface area contributed by atoms with Crippen molar-refractivity contribution in [3.05, 3.63) is 82.7 Å². The Bertz CT molecular complexity index is 1440. The number of piperidine rings is 1. The summed E-state index contributed by atoms with van der Waals surface area (Å²) in [6.07, 6.45) is 8.54. The van der Waals surface area contributed by atoms with Crippen molar-refractivity contribution in [2.45, 2.75) is 44.2 Å². The summed E-state index contributed by atoms with van der Waals surface area (Å²) in [6.45, 7) is 3.32. The molecular formula is C29H29F3N4O3. The average Bonchev–Trinajstić information content (AvgIpc) is 3.37. The van der Waals surface area contributed by atoms with Gasteiger partial charge in [-0.15, -0.1) is 0 Å². The second-order valence-corrected chi connectivity index (χ2v) is 10.2. The Hall–Kier alpha value is -3.79. The standard InChI is InChI=1S/C29H29F3N4O3/c1-18-15-35(17-33-18)24-7-6-19(12-25(24)37-2)11-20-5-3-9-36-27(21-13-22(30)26(32)23(31)14-21)29(39-34-28(20)36)8-4-10-38-16-29/h6-7,11-15,17,27H,3-5,8-10,16H2,1-2H3/t27-,29?/m0/s1. The Labute approximate surface area is 224 Å². The molecule has 2 fully saturated rings. The number of halogens is 3. The largest absolute Gasteiger partial charge is 0.495 e. The van der Waals surface area contributed by atoms with Crippen molar-refractivity contribution in [1.29, 1.82) is 0 Å². The first kappa shape index (κ1) is 25.5. The number of oxime groups is 1. The molecule has 39 heavy (non-hydrogen) atoms. The molecule has 3 aromatic rings. The fraction of sp³-hybridized carbons (Fsp3) is 0.379. The summed E-state index contributed by atoms with van der Waals surface area (Å²) in [7, 11) is 1.62. The van der Waals surface area contributed by atoms with Crippen LogP contribution in [-0.2, 0) is 9.57 Å². The van der Waals surface area contributed by atoms with E-state index in [9.17, 15) is 13.2 Å². The zero-order valence-corrected chi connectivity index (χ0v) is 21.8. The molecule has 6 rings (SSSR count). The molecule has 4 heterocycles. The van der Waals surface area contributed by atoms with E-state index in [1.807, 2.05) is 46.9 Å². The number of ether oxygens (including phenoxy) is 2. The van der Waals surface area contributed by atoms with E-state index in [4.69, 9.17) is 14.3 Å². The third-order valence-corrected chi connectivity index (χ3v) is 7.62. The van der Waals surface area contributed by atoms with Crippen molar-refractivity contribution in [2.24, 2.45) is 5.16 Å². The minimum absolute atomic E-state index is 0.219. The van der Waals surface area contributed by atoms with Gasteiger partial charge in [0.15, 0.2) is 28.9 Å². The van der Waals surface area contributed by atoms with Gasteiger partial charge in [0.05, 0.1) is 31.4 Å². The van der Waals surface area contributed by atoms with E-state index in [0.29, 0.717) is 43.1 Å². The van der Waals surface area contributed by atoms with Crippen molar-refractivity contribution in [3.8, 4) is 11.4 Å². The van der Waals surface area contributed by atoms with Crippen LogP contribution in [0.15, 0.2) is 53.6 Å². The minimum Gasteiger partial charge on any atom is -0.495 e. The molecule has 1 spiro atoms. The lowest BCUT2D eigenvalue weighted by Crippen LogP contribution is -2.58. The lowest BCUT2D eigenvalue weighted by Gasteiger charge is -2.51. The summed E-state index contributed by atoms with van der Waals surface area (Å²) < 4.78 is 56.0. The molecule has 7 nitrogen and oxygen atoms in total. The van der Waals surface area contributed by atoms with E-state index in [1.54, 1.807) is 13.4 Å². The van der Waals surface area contributed by atoms with E-state index in [0.717, 1.165) is 47.5 Å². The highest BCUT2D eigenvalue weighted by Gasteiger charge is 2.52. The van der Waals surface area contributed by atoms with E-state index in [1.165, 1.54) is 0 Å². The Kier molecular flexibility index (Phi) is 6.58. The molecule has 0 radical (unpaired) electrons. The Morgan fingerprint density at radius 3 is 2.64 bits per heavy atom. The third-order valence-electron chi connectivity index (χ3n) is 7.62. The number of methoxy groups -OCH3 is 1. The van der Waals surface area contributed by atoms with Crippen molar-refractivity contribution < 1.29 is 27.5 Å². The van der Waals surface area contributed by atoms with Crippen molar-refractivity contribution in [3.63, 3.8) is 0 Å². The van der Waals surface area contributed by atoms with Crippen LogP contribution >= 0.6 is 0 Å². The van der Waals surface area contributed by atoms with Gasteiger partial charge in [0.25, 0.3) is 0 Å². The molecular weight excluding hydrogens is 509 g/mol. The fourth-order valence-corrected chi connectivity index (χ4v) is 5.86. The van der Waals surface area contributed by atoms with Crippen LogP contribution in [0.2, 0.25) is 0 Å². The first-order valence-corrected chi connectivity index (χ1v) is 13.0. The molecule has 3 aliphatic heterocycles. The van der Waals surface area contributed by atoms with Crippen molar-refractivity contribution in [2.75, 3.05) is 26.9 Å². The maximum Gasteiger partial charge on any atom is 0.194 e. The van der Waals surface area contributed by atoms with Gasteiger partial charge >= 0.3 is 0 Å². The predicted octanol–water partition coefficient (Wildman–Crippen LogP) is 5.72.